The maximum Gasteiger partial charge on any atom is 3.00 e. The Labute approximate surface area is 294 Å². The predicted octanol–water partition coefficient (Wildman–Crippen LogP) is -11.1. The van der Waals surface area contributed by atoms with Crippen LogP contribution in [0, 0.1) is 0 Å². The van der Waals surface area contributed by atoms with Gasteiger partial charge < -0.3 is 71.5 Å². The number of nitrogens with two attached hydrogens (primary N) is 2. The quantitative estimate of drug-likeness (QED) is 0.104. The Morgan fingerprint density at radius 1 is 0.500 bits per heavy atom. The molecule has 0 unspecified atom stereocenters. The molecule has 0 heterocycles. The number of carbonyl (C=O) groups excluding carboxylic acids is 4. The molecule has 20 nitrogen and oxygen atoms in total. The summed E-state index contributed by atoms with van der Waals surface area (Å²) in [7, 11) is 0. The van der Waals surface area contributed by atoms with Crippen LogP contribution in [0.1, 0.15) is 27.7 Å². The topological polar surface area (TPSA) is 368 Å². The summed E-state index contributed by atoms with van der Waals surface area (Å²) in [6.07, 6.45) is 0. The number of hydrogen-bond donors (Lipinski definition) is 6. The summed E-state index contributed by atoms with van der Waals surface area (Å²) >= 11 is 0. The van der Waals surface area contributed by atoms with E-state index in [9.17, 15) is 39.6 Å². The van der Waals surface area contributed by atoms with Crippen molar-refractivity contribution in [3.8, 4) is 0 Å². The van der Waals surface area contributed by atoms with Crippen LogP contribution in [0.15, 0.2) is 0 Å². The van der Waals surface area contributed by atoms with Crippen molar-refractivity contribution in [1.82, 2.24) is 9.80 Å². The first-order valence-corrected chi connectivity index (χ1v) is 10.5. The van der Waals surface area contributed by atoms with Crippen LogP contribution < -0.4 is 83.3 Å². The Morgan fingerprint density at radius 3 is 0.690 bits per heavy atom. The number of aliphatic carboxylic acids is 8. The van der Waals surface area contributed by atoms with Gasteiger partial charge in [0.25, 0.3) is 23.9 Å². The smallest absolute Gasteiger partial charge is 0.549 e. The van der Waals surface area contributed by atoms with Gasteiger partial charge in [0, 0.05) is 80.1 Å². The van der Waals surface area contributed by atoms with Crippen LogP contribution in [0.3, 0.4) is 0 Å². The van der Waals surface area contributed by atoms with E-state index in [0.717, 1.165) is 37.5 Å². The molecule has 241 valence electrons. The maximum absolute atomic E-state index is 10.4. The molecule has 0 aliphatic heterocycles. The number of carboxylic acids is 8. The van der Waals surface area contributed by atoms with E-state index >= 15 is 0 Å². The fourth-order valence-electron chi connectivity index (χ4n) is 1.44. The number of hydrogen-bond acceptors (Lipinski definition) is 16. The maximum atomic E-state index is 10.4. The van der Waals surface area contributed by atoms with Gasteiger partial charge >= 0.3 is 68.5 Å². The zero-order valence-corrected chi connectivity index (χ0v) is 28.0. The minimum atomic E-state index is -1.53. The molecule has 22 heteroatoms. The number of carboxylic acid groups (broad SMARTS) is 8. The molecule has 0 spiro atoms. The van der Waals surface area contributed by atoms with E-state index in [4.69, 9.17) is 51.1 Å². The van der Waals surface area contributed by atoms with Crippen LogP contribution in [0.2, 0.25) is 0 Å². The second-order valence-corrected chi connectivity index (χ2v) is 6.56. The molecule has 0 atom stereocenters. The van der Waals surface area contributed by atoms with Gasteiger partial charge in [0.1, 0.15) is 0 Å². The summed E-state index contributed by atoms with van der Waals surface area (Å²) < 4.78 is 0. The summed E-state index contributed by atoms with van der Waals surface area (Å²) in [4.78, 5) is 79.4. The fourth-order valence-corrected chi connectivity index (χ4v) is 1.44. The Balaban J connectivity index is -0.0000000713. The summed E-state index contributed by atoms with van der Waals surface area (Å²) in [6.45, 7) is 2.28. The van der Waals surface area contributed by atoms with Crippen molar-refractivity contribution in [3.63, 3.8) is 0 Å². The van der Waals surface area contributed by atoms with Crippen molar-refractivity contribution in [2.24, 2.45) is 11.5 Å². The molecule has 0 aromatic carbocycles. The molecule has 0 aromatic rings. The molecule has 0 fully saturated rings. The molecule has 0 amide bonds. The molecule has 0 aromatic heterocycles. The first kappa shape index (κ1) is 59.2. The molecule has 42 heavy (non-hydrogen) atoms. The van der Waals surface area contributed by atoms with Gasteiger partial charge in [-0.3, -0.25) is 29.0 Å². The summed E-state index contributed by atoms with van der Waals surface area (Å²) in [6, 6.07) is 0. The third kappa shape index (κ3) is 131. The second-order valence-electron chi connectivity index (χ2n) is 6.56. The van der Waals surface area contributed by atoms with Crippen LogP contribution >= 0.6 is 0 Å². The van der Waals surface area contributed by atoms with Crippen molar-refractivity contribution in [3.05, 3.63) is 0 Å². The molecule has 0 saturated heterocycles. The van der Waals surface area contributed by atoms with Gasteiger partial charge in [0.15, 0.2) is 0 Å². The molecule has 0 aliphatic carbocycles. The molecule has 1 radical (unpaired) electrons. The molecular weight excluding hydrogens is 647 g/mol. The zero-order chi connectivity index (χ0) is 33.4. The summed E-state index contributed by atoms with van der Waals surface area (Å²) in [5, 5.41) is 71.3. The van der Waals surface area contributed by atoms with Gasteiger partial charge in [-0.05, 0) is 0 Å². The van der Waals surface area contributed by atoms with Gasteiger partial charge in [-0.2, -0.15) is 0 Å². The van der Waals surface area contributed by atoms with E-state index in [2.05, 4.69) is 0 Å². The molecular formula is C20H36FeKN4O16. The monoisotopic (exact) mass is 683 g/mol. The molecule has 0 rings (SSSR count). The Hall–Kier alpha value is -2.24. The Kier molecular flexibility index (Phi) is 60.9. The largest absolute Gasteiger partial charge is 3.00 e. The van der Waals surface area contributed by atoms with Crippen molar-refractivity contribution in [2.45, 2.75) is 27.7 Å². The van der Waals surface area contributed by atoms with Crippen LogP contribution in [-0.2, 0) is 55.4 Å². The van der Waals surface area contributed by atoms with E-state index in [-0.39, 0.29) is 81.5 Å². The Bertz CT molecular complexity index is 640. The van der Waals surface area contributed by atoms with Gasteiger partial charge in [-0.15, -0.1) is 0 Å². The van der Waals surface area contributed by atoms with Crippen molar-refractivity contribution >= 4 is 47.8 Å². The third-order valence-corrected chi connectivity index (χ3v) is 2.31. The van der Waals surface area contributed by atoms with Crippen molar-refractivity contribution < 1.29 is 148 Å². The van der Waals surface area contributed by atoms with Crippen LogP contribution in [0.5, 0.6) is 0 Å². The van der Waals surface area contributed by atoms with E-state index in [0.29, 0.717) is 13.1 Å². The van der Waals surface area contributed by atoms with E-state index in [1.165, 1.54) is 0 Å². The minimum absolute atomic E-state index is 0. The van der Waals surface area contributed by atoms with Gasteiger partial charge in [0.05, 0.1) is 23.9 Å². The zero-order valence-electron chi connectivity index (χ0n) is 23.7. The normalized spacial score (nSPS) is 8.19. The van der Waals surface area contributed by atoms with Gasteiger partial charge in [-0.1, -0.05) is 0 Å². The summed E-state index contributed by atoms with van der Waals surface area (Å²) in [5.74, 6) is -9.45. The first-order chi connectivity index (χ1) is 18.0. The number of carbonyl (C=O) groups is 8. The predicted molar refractivity (Wildman–Crippen MR) is 124 cm³/mol. The molecule has 0 saturated carbocycles. The van der Waals surface area contributed by atoms with Crippen molar-refractivity contribution in [1.29, 1.82) is 0 Å². The number of nitrogens with zero attached hydrogens (tertiary/aromatic N) is 2. The minimum Gasteiger partial charge on any atom is -0.549 e. The van der Waals surface area contributed by atoms with Crippen LogP contribution in [0.25, 0.3) is 0 Å². The van der Waals surface area contributed by atoms with Crippen LogP contribution in [0.4, 0.5) is 0 Å². The van der Waals surface area contributed by atoms with E-state index in [1.807, 2.05) is 0 Å². The van der Waals surface area contributed by atoms with Gasteiger partial charge in [0.2, 0.25) is 0 Å². The average Bonchev–Trinajstić information content (AvgIpc) is 2.68. The molecule has 0 bridgehead atoms. The number of rotatable bonds is 12. The third-order valence-electron chi connectivity index (χ3n) is 2.31. The van der Waals surface area contributed by atoms with Gasteiger partial charge in [-0.25, -0.2) is 0 Å². The van der Waals surface area contributed by atoms with Crippen LogP contribution in [-0.4, -0.2) is 130 Å². The fraction of sp³-hybridized carbons (Fsp3) is 0.600. The van der Waals surface area contributed by atoms with E-state index < -0.39 is 73.9 Å². The first-order valence-electron chi connectivity index (χ1n) is 10.5. The SMILES string of the molecule is CC(=O)O.CC(=O)O.CC(=O)O.CC(=O)O.NCCN.O=C([O-])CN(CCN(CC(=O)[O-])CC(=O)[O-])CC(=O)[O-].[Fe+3].[K+]. The second kappa shape index (κ2) is 43.2. The standard InChI is InChI=1S/C10H16N2O8.C2H8N2.4C2H4O2.Fe.K/c13-7(14)3-11(4-8(15)16)1-2-12(5-9(17)18)6-10(19)20;3-1-2-4;4*1-2(3)4;;/h1-6H2,(H,13,14)(H,15,16)(H,17,18)(H,19,20);1-4H2;4*1H3,(H,3,4);;/q;;;;;;+3;+1/p-4. The van der Waals surface area contributed by atoms with E-state index in [1.54, 1.807) is 0 Å². The average molecular weight is 683 g/mol. The summed E-state index contributed by atoms with van der Waals surface area (Å²) in [5.41, 5.74) is 9.81. The molecule has 8 N–H and O–H groups in total. The Morgan fingerprint density at radius 2 is 0.619 bits per heavy atom. The van der Waals surface area contributed by atoms with Crippen molar-refractivity contribution in [2.75, 3.05) is 52.4 Å². The molecule has 0 aliphatic rings.